The Morgan fingerprint density at radius 2 is 2.30 bits per heavy atom. The molecule has 1 aliphatic carbocycles. The van der Waals surface area contributed by atoms with Crippen LogP contribution in [0.2, 0.25) is 0 Å². The molecule has 0 saturated heterocycles. The third-order valence-electron chi connectivity index (χ3n) is 1.83. The molecular formula is C8H15OS. The van der Waals surface area contributed by atoms with E-state index in [1.807, 2.05) is 0 Å². The number of unbranched alkanes of at least 4 members (excludes halogenated alkanes) is 1. The van der Waals surface area contributed by atoms with Crippen molar-refractivity contribution in [3.8, 4) is 0 Å². The van der Waals surface area contributed by atoms with Crippen LogP contribution in [0, 0.1) is 12.3 Å². The summed E-state index contributed by atoms with van der Waals surface area (Å²) < 4.78 is 10.6. The van der Waals surface area contributed by atoms with E-state index < -0.39 is 11.2 Å². The summed E-state index contributed by atoms with van der Waals surface area (Å²) >= 11 is -0.570. The van der Waals surface area contributed by atoms with Gasteiger partial charge in [-0.25, -0.2) is 0 Å². The Kier molecular flexibility index (Phi) is 3.57. The van der Waals surface area contributed by atoms with Gasteiger partial charge in [-0.05, 0) is 38.0 Å². The van der Waals surface area contributed by atoms with E-state index >= 15 is 0 Å². The maximum atomic E-state index is 10.6. The van der Waals surface area contributed by atoms with Crippen LogP contribution in [-0.4, -0.2) is 16.6 Å². The molecule has 2 atom stereocenters. The first-order valence-corrected chi connectivity index (χ1v) is 5.65. The average molecular weight is 159 g/mol. The van der Waals surface area contributed by atoms with Gasteiger partial charge in [0, 0.05) is 0 Å². The van der Waals surface area contributed by atoms with E-state index in [0.717, 1.165) is 18.1 Å². The largest absolute Gasteiger partial charge is 0.617 e. The fraction of sp³-hybridized carbons (Fsp3) is 0.875. The lowest BCUT2D eigenvalue weighted by molar-refractivity contribution is 0.591. The maximum Gasteiger partial charge on any atom is 0.105 e. The second-order valence-corrected chi connectivity index (χ2v) is 4.56. The van der Waals surface area contributed by atoms with Gasteiger partial charge in [0.05, 0.1) is 6.26 Å². The molecule has 0 aromatic rings. The zero-order chi connectivity index (χ0) is 7.40. The van der Waals surface area contributed by atoms with E-state index in [4.69, 9.17) is 0 Å². The molecule has 10 heavy (non-hydrogen) atoms. The highest BCUT2D eigenvalue weighted by molar-refractivity contribution is 7.90. The Hall–Kier alpha value is 0.310. The Balaban J connectivity index is 1.76. The first kappa shape index (κ1) is 8.41. The molecule has 0 bridgehead atoms. The molecule has 0 aliphatic heterocycles. The highest BCUT2D eigenvalue weighted by Crippen LogP contribution is 2.32. The second-order valence-electron chi connectivity index (χ2n) is 3.00. The molecule has 1 radical (unpaired) electrons. The van der Waals surface area contributed by atoms with Crippen molar-refractivity contribution in [2.45, 2.75) is 25.7 Å². The molecule has 0 aromatic carbocycles. The van der Waals surface area contributed by atoms with Gasteiger partial charge in [0.1, 0.15) is 5.75 Å². The fourth-order valence-corrected chi connectivity index (χ4v) is 1.65. The van der Waals surface area contributed by atoms with E-state index in [9.17, 15) is 4.55 Å². The van der Waals surface area contributed by atoms with Gasteiger partial charge in [0.15, 0.2) is 0 Å². The van der Waals surface area contributed by atoms with Crippen LogP contribution in [0.25, 0.3) is 0 Å². The highest BCUT2D eigenvalue weighted by atomic mass is 32.2. The normalized spacial score (nSPS) is 21.0. The molecule has 2 heteroatoms. The van der Waals surface area contributed by atoms with E-state index in [2.05, 4.69) is 6.42 Å². The van der Waals surface area contributed by atoms with E-state index in [0.29, 0.717) is 0 Å². The summed E-state index contributed by atoms with van der Waals surface area (Å²) in [6, 6.07) is 0. The molecule has 1 rings (SSSR count). The van der Waals surface area contributed by atoms with Gasteiger partial charge in [0.25, 0.3) is 0 Å². The molecule has 0 heterocycles. The van der Waals surface area contributed by atoms with Crippen molar-refractivity contribution in [2.75, 3.05) is 12.0 Å². The van der Waals surface area contributed by atoms with Crippen LogP contribution in [-0.2, 0) is 11.2 Å². The lowest BCUT2D eigenvalue weighted by Crippen LogP contribution is -2.02. The van der Waals surface area contributed by atoms with Gasteiger partial charge in [0.2, 0.25) is 0 Å². The minimum Gasteiger partial charge on any atom is -0.617 e. The zero-order valence-corrected chi connectivity index (χ0v) is 7.32. The van der Waals surface area contributed by atoms with Crippen LogP contribution in [0.4, 0.5) is 0 Å². The quantitative estimate of drug-likeness (QED) is 0.443. The van der Waals surface area contributed by atoms with Gasteiger partial charge in [-0.2, -0.15) is 0 Å². The van der Waals surface area contributed by atoms with Crippen LogP contribution >= 0.6 is 0 Å². The molecule has 0 aromatic heterocycles. The predicted molar refractivity (Wildman–Crippen MR) is 45.2 cm³/mol. The summed E-state index contributed by atoms with van der Waals surface area (Å²) in [5.74, 6) is 1.82. The van der Waals surface area contributed by atoms with Gasteiger partial charge < -0.3 is 4.55 Å². The summed E-state index contributed by atoms with van der Waals surface area (Å²) in [6.07, 6.45) is 9.20. The zero-order valence-electron chi connectivity index (χ0n) is 6.51. The van der Waals surface area contributed by atoms with Crippen molar-refractivity contribution in [1.29, 1.82) is 0 Å². The van der Waals surface area contributed by atoms with Gasteiger partial charge in [-0.3, -0.25) is 0 Å². The minimum absolute atomic E-state index is 0.570. The van der Waals surface area contributed by atoms with E-state index in [1.54, 1.807) is 6.26 Å². The Morgan fingerprint density at radius 3 is 2.80 bits per heavy atom. The summed E-state index contributed by atoms with van der Waals surface area (Å²) in [6.45, 7) is 0. The van der Waals surface area contributed by atoms with Crippen molar-refractivity contribution in [3.05, 3.63) is 6.42 Å². The molecule has 0 N–H and O–H groups in total. The minimum atomic E-state index is -0.570. The SMILES string of the molecule is C[S+]([O-])CCCCC1[CH]C1. The van der Waals surface area contributed by atoms with Gasteiger partial charge in [-0.1, -0.05) is 11.2 Å². The Morgan fingerprint density at radius 1 is 1.60 bits per heavy atom. The third-order valence-corrected chi connectivity index (χ3v) is 2.69. The van der Waals surface area contributed by atoms with E-state index in [1.165, 1.54) is 19.3 Å². The summed E-state index contributed by atoms with van der Waals surface area (Å²) in [7, 11) is 0. The summed E-state index contributed by atoms with van der Waals surface area (Å²) in [5, 5.41) is 0. The van der Waals surface area contributed by atoms with Crippen LogP contribution in [0.5, 0.6) is 0 Å². The van der Waals surface area contributed by atoms with Crippen molar-refractivity contribution >= 4 is 11.2 Å². The molecule has 0 amide bonds. The Labute approximate surface area is 66.4 Å². The molecule has 59 valence electrons. The van der Waals surface area contributed by atoms with Crippen LogP contribution in [0.1, 0.15) is 25.7 Å². The van der Waals surface area contributed by atoms with Crippen molar-refractivity contribution in [1.82, 2.24) is 0 Å². The number of rotatable bonds is 5. The van der Waals surface area contributed by atoms with Crippen molar-refractivity contribution in [2.24, 2.45) is 5.92 Å². The molecule has 1 nitrogen and oxygen atoms in total. The molecule has 1 saturated carbocycles. The standard InChI is InChI=1S/C8H15OS/c1-10(9)7-3-2-4-8-5-6-8/h5,8H,2-4,6-7H2,1H3. The average Bonchev–Trinajstić information content (AvgIpc) is 2.62. The van der Waals surface area contributed by atoms with Crippen LogP contribution in [0.15, 0.2) is 0 Å². The molecule has 1 fully saturated rings. The molecule has 2 unspecified atom stereocenters. The second kappa shape index (κ2) is 4.24. The van der Waals surface area contributed by atoms with Crippen molar-refractivity contribution < 1.29 is 4.55 Å². The first-order valence-electron chi connectivity index (χ1n) is 3.92. The van der Waals surface area contributed by atoms with E-state index in [-0.39, 0.29) is 0 Å². The number of hydrogen-bond acceptors (Lipinski definition) is 1. The monoisotopic (exact) mass is 159 g/mol. The lowest BCUT2D eigenvalue weighted by Gasteiger charge is -2.03. The topological polar surface area (TPSA) is 23.1 Å². The van der Waals surface area contributed by atoms with Crippen molar-refractivity contribution in [3.63, 3.8) is 0 Å². The van der Waals surface area contributed by atoms with Gasteiger partial charge in [-0.15, -0.1) is 0 Å². The summed E-state index contributed by atoms with van der Waals surface area (Å²) in [4.78, 5) is 0. The van der Waals surface area contributed by atoms with Crippen LogP contribution < -0.4 is 0 Å². The predicted octanol–water partition coefficient (Wildman–Crippen LogP) is 1.76. The lowest BCUT2D eigenvalue weighted by atomic mass is 10.2. The highest BCUT2D eigenvalue weighted by Gasteiger charge is 2.20. The maximum absolute atomic E-state index is 10.6. The summed E-state index contributed by atoms with van der Waals surface area (Å²) in [5.41, 5.74) is 0. The van der Waals surface area contributed by atoms with Gasteiger partial charge >= 0.3 is 0 Å². The number of hydrogen-bond donors (Lipinski definition) is 0. The molecule has 1 aliphatic rings. The molecular weight excluding hydrogens is 144 g/mol. The Bertz CT molecular complexity index is 85.3. The first-order chi connectivity index (χ1) is 4.79. The smallest absolute Gasteiger partial charge is 0.105 e. The fourth-order valence-electron chi connectivity index (χ4n) is 1.04. The third kappa shape index (κ3) is 4.18. The van der Waals surface area contributed by atoms with Crippen LogP contribution in [0.3, 0.4) is 0 Å². The molecule has 0 spiro atoms.